The third-order valence-electron chi connectivity index (χ3n) is 3.40. The van der Waals surface area contributed by atoms with E-state index in [4.69, 9.17) is 11.6 Å². The van der Waals surface area contributed by atoms with Crippen molar-refractivity contribution in [3.05, 3.63) is 22.8 Å². The topological polar surface area (TPSA) is 28.2 Å². The fourth-order valence-corrected chi connectivity index (χ4v) is 2.47. The monoisotopic (exact) mass is 281 g/mol. The first-order valence-corrected chi connectivity index (χ1v) is 7.72. The van der Waals surface area contributed by atoms with E-state index in [0.29, 0.717) is 0 Å². The summed E-state index contributed by atoms with van der Waals surface area (Å²) in [5.74, 6) is 1.83. The van der Waals surface area contributed by atoms with Gasteiger partial charge < -0.3 is 5.32 Å². The van der Waals surface area contributed by atoms with E-state index in [-0.39, 0.29) is 0 Å². The minimum Gasteiger partial charge on any atom is -0.370 e. The number of aromatic nitrogens is 1. The Morgan fingerprint density at radius 2 is 2.16 bits per heavy atom. The molecule has 0 aliphatic heterocycles. The number of hydrogen-bond acceptors (Lipinski definition) is 3. The zero-order chi connectivity index (χ0) is 13.7. The van der Waals surface area contributed by atoms with Crippen molar-refractivity contribution in [2.45, 2.75) is 39.7 Å². The van der Waals surface area contributed by atoms with Crippen LogP contribution in [0.25, 0.3) is 0 Å². The molecule has 0 spiro atoms. The predicted molar refractivity (Wildman–Crippen MR) is 81.7 cm³/mol. The highest BCUT2D eigenvalue weighted by Crippen LogP contribution is 2.30. The molecule has 4 heteroatoms. The molecule has 106 valence electrons. The molecule has 1 aliphatic rings. The van der Waals surface area contributed by atoms with E-state index in [1.165, 1.54) is 25.8 Å². The van der Waals surface area contributed by atoms with Crippen LogP contribution in [0, 0.1) is 5.92 Å². The summed E-state index contributed by atoms with van der Waals surface area (Å²) in [6.07, 6.45) is 3.95. The minimum absolute atomic E-state index is 0.776. The molecule has 0 aromatic carbocycles. The average Bonchev–Trinajstić information content (AvgIpc) is 3.18. The van der Waals surface area contributed by atoms with Gasteiger partial charge in [-0.1, -0.05) is 18.5 Å². The van der Waals surface area contributed by atoms with E-state index in [1.807, 2.05) is 12.1 Å². The lowest BCUT2D eigenvalue weighted by Crippen LogP contribution is -2.27. The van der Waals surface area contributed by atoms with Gasteiger partial charge >= 0.3 is 0 Å². The fourth-order valence-electron chi connectivity index (χ4n) is 2.30. The number of halogens is 1. The van der Waals surface area contributed by atoms with Crippen molar-refractivity contribution < 1.29 is 0 Å². The van der Waals surface area contributed by atoms with Gasteiger partial charge in [-0.05, 0) is 50.8 Å². The van der Waals surface area contributed by atoms with Crippen LogP contribution < -0.4 is 5.32 Å². The molecule has 19 heavy (non-hydrogen) atoms. The van der Waals surface area contributed by atoms with Crippen LogP contribution in [0.15, 0.2) is 12.1 Å². The third-order valence-corrected chi connectivity index (χ3v) is 3.75. The zero-order valence-corrected chi connectivity index (χ0v) is 12.7. The summed E-state index contributed by atoms with van der Waals surface area (Å²) in [6.45, 7) is 8.37. The van der Waals surface area contributed by atoms with Gasteiger partial charge in [0.25, 0.3) is 0 Å². The highest BCUT2D eigenvalue weighted by Gasteiger charge is 2.24. The van der Waals surface area contributed by atoms with Crippen LogP contribution in [-0.2, 0) is 6.54 Å². The van der Waals surface area contributed by atoms with Crippen molar-refractivity contribution in [3.63, 3.8) is 0 Å². The molecule has 1 fully saturated rings. The van der Waals surface area contributed by atoms with E-state index in [9.17, 15) is 0 Å². The van der Waals surface area contributed by atoms with E-state index < -0.39 is 0 Å². The van der Waals surface area contributed by atoms with Gasteiger partial charge in [-0.2, -0.15) is 0 Å². The molecular formula is C15H24ClN3. The number of nitrogens with one attached hydrogen (secondary N) is 1. The second-order valence-electron chi connectivity index (χ2n) is 5.33. The predicted octanol–water partition coefficient (Wildman–Crippen LogP) is 3.79. The van der Waals surface area contributed by atoms with Gasteiger partial charge in [-0.25, -0.2) is 4.98 Å². The first kappa shape index (κ1) is 14.6. The first-order valence-electron chi connectivity index (χ1n) is 7.34. The van der Waals surface area contributed by atoms with Crippen LogP contribution in [0.1, 0.15) is 38.8 Å². The van der Waals surface area contributed by atoms with E-state index in [1.54, 1.807) is 0 Å². The molecule has 1 saturated carbocycles. The van der Waals surface area contributed by atoms with E-state index in [2.05, 4.69) is 29.0 Å². The van der Waals surface area contributed by atoms with E-state index >= 15 is 0 Å². The number of rotatable bonds is 8. The third kappa shape index (κ3) is 4.66. The maximum Gasteiger partial charge on any atom is 0.126 e. The molecule has 0 atom stereocenters. The van der Waals surface area contributed by atoms with Crippen LogP contribution in [0.2, 0.25) is 5.02 Å². The van der Waals surface area contributed by atoms with Gasteiger partial charge in [0.2, 0.25) is 0 Å². The van der Waals surface area contributed by atoms with Crippen LogP contribution in [0.3, 0.4) is 0 Å². The van der Waals surface area contributed by atoms with Crippen LogP contribution in [0.5, 0.6) is 0 Å². The Morgan fingerprint density at radius 1 is 1.37 bits per heavy atom. The highest BCUT2D eigenvalue weighted by molar-refractivity contribution is 6.31. The van der Waals surface area contributed by atoms with Gasteiger partial charge in [0.1, 0.15) is 5.82 Å². The molecule has 0 unspecified atom stereocenters. The molecule has 1 aliphatic carbocycles. The molecule has 2 rings (SSSR count). The molecular weight excluding hydrogens is 258 g/mol. The lowest BCUT2D eigenvalue weighted by atomic mass is 10.2. The molecule has 1 N–H and O–H groups in total. The van der Waals surface area contributed by atoms with Crippen molar-refractivity contribution in [2.24, 2.45) is 5.92 Å². The SMILES string of the molecule is CCCN(Cc1nc(NCC)ccc1Cl)CC1CC1. The Balaban J connectivity index is 2.03. The molecule has 0 radical (unpaired) electrons. The summed E-state index contributed by atoms with van der Waals surface area (Å²) in [4.78, 5) is 7.11. The Kier molecular flexibility index (Phi) is 5.46. The van der Waals surface area contributed by atoms with Gasteiger partial charge in [-0.15, -0.1) is 0 Å². The molecule has 0 bridgehead atoms. The quantitative estimate of drug-likeness (QED) is 0.786. The highest BCUT2D eigenvalue weighted by atomic mass is 35.5. The summed E-state index contributed by atoms with van der Waals surface area (Å²) in [6, 6.07) is 3.89. The van der Waals surface area contributed by atoms with Crippen molar-refractivity contribution in [3.8, 4) is 0 Å². The second kappa shape index (κ2) is 7.11. The van der Waals surface area contributed by atoms with Crippen LogP contribution >= 0.6 is 11.6 Å². The van der Waals surface area contributed by atoms with Gasteiger partial charge in [0, 0.05) is 19.6 Å². The van der Waals surface area contributed by atoms with Crippen molar-refractivity contribution in [1.29, 1.82) is 0 Å². The minimum atomic E-state index is 0.776. The van der Waals surface area contributed by atoms with Gasteiger partial charge in [0.15, 0.2) is 0 Å². The summed E-state index contributed by atoms with van der Waals surface area (Å²) in [7, 11) is 0. The van der Waals surface area contributed by atoms with Crippen molar-refractivity contribution >= 4 is 17.4 Å². The molecule has 1 aromatic rings. The smallest absolute Gasteiger partial charge is 0.126 e. The maximum atomic E-state index is 6.28. The van der Waals surface area contributed by atoms with E-state index in [0.717, 1.165) is 42.1 Å². The summed E-state index contributed by atoms with van der Waals surface area (Å²) in [5, 5.41) is 4.02. The Labute approximate surface area is 121 Å². The Morgan fingerprint density at radius 3 is 2.79 bits per heavy atom. The lowest BCUT2D eigenvalue weighted by molar-refractivity contribution is 0.252. The summed E-state index contributed by atoms with van der Waals surface area (Å²) in [5.41, 5.74) is 0.995. The summed E-state index contributed by atoms with van der Waals surface area (Å²) >= 11 is 6.28. The maximum absolute atomic E-state index is 6.28. The molecule has 3 nitrogen and oxygen atoms in total. The Bertz CT molecular complexity index is 404. The van der Waals surface area contributed by atoms with Crippen molar-refractivity contribution in [1.82, 2.24) is 9.88 Å². The molecule has 0 amide bonds. The van der Waals surface area contributed by atoms with Gasteiger partial charge in [-0.3, -0.25) is 4.90 Å². The summed E-state index contributed by atoms with van der Waals surface area (Å²) < 4.78 is 0. The van der Waals surface area contributed by atoms with Crippen LogP contribution in [-0.4, -0.2) is 29.5 Å². The van der Waals surface area contributed by atoms with Gasteiger partial charge in [0.05, 0.1) is 10.7 Å². The fraction of sp³-hybridized carbons (Fsp3) is 0.667. The normalized spacial score (nSPS) is 14.9. The Hall–Kier alpha value is -0.800. The zero-order valence-electron chi connectivity index (χ0n) is 12.0. The molecule has 1 heterocycles. The number of hydrogen-bond donors (Lipinski definition) is 1. The van der Waals surface area contributed by atoms with Crippen molar-refractivity contribution in [2.75, 3.05) is 25.0 Å². The first-order chi connectivity index (χ1) is 9.22. The number of nitrogens with zero attached hydrogens (tertiary/aromatic N) is 2. The molecule has 1 aromatic heterocycles. The average molecular weight is 282 g/mol. The number of anilines is 1. The molecule has 0 saturated heterocycles. The largest absolute Gasteiger partial charge is 0.370 e. The lowest BCUT2D eigenvalue weighted by Gasteiger charge is -2.22. The van der Waals surface area contributed by atoms with Crippen LogP contribution in [0.4, 0.5) is 5.82 Å². The number of pyridine rings is 1. The second-order valence-corrected chi connectivity index (χ2v) is 5.74. The standard InChI is InChI=1S/C15H24ClN3/c1-3-9-19(10-12-5-6-12)11-14-13(16)7-8-15(18-14)17-4-2/h7-8,12H,3-6,9-11H2,1-2H3,(H,17,18).